The summed E-state index contributed by atoms with van der Waals surface area (Å²) in [4.78, 5) is 14.8. The van der Waals surface area contributed by atoms with Gasteiger partial charge in [0.05, 0.1) is 12.0 Å². The molecule has 0 aromatic heterocycles. The quantitative estimate of drug-likeness (QED) is 0.627. The van der Waals surface area contributed by atoms with Crippen molar-refractivity contribution in [1.82, 2.24) is 4.90 Å². The molecule has 4 heteroatoms. The van der Waals surface area contributed by atoms with Crippen LogP contribution in [0.15, 0.2) is 78.9 Å². The number of phenols is 1. The van der Waals surface area contributed by atoms with E-state index in [1.165, 1.54) is 17.7 Å². The van der Waals surface area contributed by atoms with Gasteiger partial charge in [0.1, 0.15) is 11.6 Å². The Morgan fingerprint density at radius 1 is 0.857 bits per heavy atom. The summed E-state index contributed by atoms with van der Waals surface area (Å²) >= 11 is 0. The van der Waals surface area contributed by atoms with E-state index in [1.807, 2.05) is 35.2 Å². The Morgan fingerprint density at radius 3 is 2.18 bits per heavy atom. The number of carbonyl (C=O) groups is 1. The maximum atomic E-state index is 13.3. The SMILES string of the molecule is O=C1[C@@H](c2ccc(F)cc2)[C@H](c2ccc(O)cc2)N1CCCc1ccccc1. The van der Waals surface area contributed by atoms with Crippen LogP contribution in [0.5, 0.6) is 5.75 Å². The Balaban J connectivity index is 1.53. The molecule has 2 atom stereocenters. The van der Waals surface area contributed by atoms with Crippen LogP contribution in [0, 0.1) is 5.82 Å². The minimum Gasteiger partial charge on any atom is -0.508 e. The van der Waals surface area contributed by atoms with Crippen LogP contribution in [0.3, 0.4) is 0 Å². The van der Waals surface area contributed by atoms with Crippen LogP contribution < -0.4 is 0 Å². The van der Waals surface area contributed by atoms with Crippen molar-refractivity contribution < 1.29 is 14.3 Å². The zero-order chi connectivity index (χ0) is 19.5. The Hall–Kier alpha value is -3.14. The van der Waals surface area contributed by atoms with Crippen LogP contribution in [-0.2, 0) is 11.2 Å². The lowest BCUT2D eigenvalue weighted by molar-refractivity contribution is -0.150. The minimum absolute atomic E-state index is 0.0674. The molecule has 4 rings (SSSR count). The van der Waals surface area contributed by atoms with Gasteiger partial charge in [-0.1, -0.05) is 54.6 Å². The number of halogens is 1. The molecule has 0 radical (unpaired) electrons. The van der Waals surface area contributed by atoms with E-state index in [2.05, 4.69) is 12.1 Å². The number of aryl methyl sites for hydroxylation is 1. The molecule has 3 aromatic carbocycles. The van der Waals surface area contributed by atoms with Crippen LogP contribution >= 0.6 is 0 Å². The van der Waals surface area contributed by atoms with Crippen molar-refractivity contribution in [2.24, 2.45) is 0 Å². The van der Waals surface area contributed by atoms with Crippen LogP contribution in [0.2, 0.25) is 0 Å². The highest BCUT2D eigenvalue weighted by Gasteiger charge is 2.48. The van der Waals surface area contributed by atoms with Crippen molar-refractivity contribution in [2.45, 2.75) is 24.8 Å². The highest BCUT2D eigenvalue weighted by Crippen LogP contribution is 2.46. The van der Waals surface area contributed by atoms with Crippen LogP contribution in [0.1, 0.15) is 35.1 Å². The van der Waals surface area contributed by atoms with Crippen molar-refractivity contribution in [3.8, 4) is 5.75 Å². The monoisotopic (exact) mass is 375 g/mol. The highest BCUT2D eigenvalue weighted by molar-refractivity contribution is 5.91. The van der Waals surface area contributed by atoms with Gasteiger partial charge in [0.2, 0.25) is 5.91 Å². The zero-order valence-corrected chi connectivity index (χ0v) is 15.5. The molecule has 0 aliphatic carbocycles. The number of benzene rings is 3. The molecule has 3 nitrogen and oxygen atoms in total. The lowest BCUT2D eigenvalue weighted by Gasteiger charge is -2.48. The van der Waals surface area contributed by atoms with Gasteiger partial charge in [-0.25, -0.2) is 4.39 Å². The molecule has 142 valence electrons. The smallest absolute Gasteiger partial charge is 0.233 e. The molecular weight excluding hydrogens is 353 g/mol. The van der Waals surface area contributed by atoms with Gasteiger partial charge in [0, 0.05) is 6.54 Å². The second-order valence-corrected chi connectivity index (χ2v) is 7.19. The van der Waals surface area contributed by atoms with E-state index in [4.69, 9.17) is 0 Å². The third kappa shape index (κ3) is 3.63. The van der Waals surface area contributed by atoms with E-state index in [0.717, 1.165) is 24.0 Å². The Morgan fingerprint density at radius 2 is 1.50 bits per heavy atom. The average molecular weight is 375 g/mol. The number of amides is 1. The second kappa shape index (κ2) is 7.85. The average Bonchev–Trinajstić information content (AvgIpc) is 2.72. The van der Waals surface area contributed by atoms with E-state index in [0.29, 0.717) is 6.54 Å². The maximum Gasteiger partial charge on any atom is 0.233 e. The fourth-order valence-corrected chi connectivity index (χ4v) is 3.93. The molecule has 0 spiro atoms. The Labute approximate surface area is 164 Å². The first-order valence-corrected chi connectivity index (χ1v) is 9.52. The predicted octanol–water partition coefficient (Wildman–Crippen LogP) is 4.83. The Bertz CT molecular complexity index is 939. The summed E-state index contributed by atoms with van der Waals surface area (Å²) in [6, 6.07) is 23.3. The first-order valence-electron chi connectivity index (χ1n) is 9.52. The number of hydrogen-bond acceptors (Lipinski definition) is 2. The molecule has 1 N–H and O–H groups in total. The molecule has 1 fully saturated rings. The normalized spacial score (nSPS) is 18.8. The van der Waals surface area contributed by atoms with Gasteiger partial charge in [-0.05, 0) is 53.8 Å². The van der Waals surface area contributed by atoms with E-state index < -0.39 is 0 Å². The lowest BCUT2D eigenvalue weighted by Crippen LogP contribution is -2.53. The molecule has 1 aliphatic rings. The van der Waals surface area contributed by atoms with Crippen molar-refractivity contribution in [2.75, 3.05) is 6.54 Å². The van der Waals surface area contributed by atoms with Crippen LogP contribution in [0.25, 0.3) is 0 Å². The summed E-state index contributed by atoms with van der Waals surface area (Å²) in [5.41, 5.74) is 3.06. The number of likely N-dealkylation sites (tertiary alicyclic amines) is 1. The van der Waals surface area contributed by atoms with E-state index >= 15 is 0 Å². The molecule has 0 unspecified atom stereocenters. The number of rotatable bonds is 6. The van der Waals surface area contributed by atoms with E-state index in [9.17, 15) is 14.3 Å². The third-order valence-electron chi connectivity index (χ3n) is 5.37. The summed E-state index contributed by atoms with van der Waals surface area (Å²) in [5.74, 6) is -0.362. The van der Waals surface area contributed by atoms with Gasteiger partial charge >= 0.3 is 0 Å². The van der Waals surface area contributed by atoms with Crippen molar-refractivity contribution in [1.29, 1.82) is 0 Å². The summed E-state index contributed by atoms with van der Waals surface area (Å²) in [6.45, 7) is 0.664. The van der Waals surface area contributed by atoms with Gasteiger partial charge in [-0.3, -0.25) is 4.79 Å². The lowest BCUT2D eigenvalue weighted by atomic mass is 9.77. The third-order valence-corrected chi connectivity index (χ3v) is 5.37. The summed E-state index contributed by atoms with van der Waals surface area (Å²) < 4.78 is 13.3. The standard InChI is InChI=1S/C24H22FNO2/c25-20-12-8-18(9-13-20)22-23(19-10-14-21(27)15-11-19)26(24(22)28)16-4-7-17-5-2-1-3-6-17/h1-3,5-6,8-15,22-23,27H,4,7,16H2/t22-,23-/m0/s1. The first kappa shape index (κ1) is 18.2. The minimum atomic E-state index is -0.318. The molecule has 0 bridgehead atoms. The highest BCUT2D eigenvalue weighted by atomic mass is 19.1. The fourth-order valence-electron chi connectivity index (χ4n) is 3.93. The largest absolute Gasteiger partial charge is 0.508 e. The summed E-state index contributed by atoms with van der Waals surface area (Å²) in [6.07, 6.45) is 1.79. The van der Waals surface area contributed by atoms with Crippen molar-refractivity contribution in [3.05, 3.63) is 101 Å². The Kier molecular flexibility index (Phi) is 5.11. The van der Waals surface area contributed by atoms with Crippen molar-refractivity contribution in [3.63, 3.8) is 0 Å². The molecule has 3 aromatic rings. The van der Waals surface area contributed by atoms with Crippen molar-refractivity contribution >= 4 is 5.91 Å². The molecule has 28 heavy (non-hydrogen) atoms. The second-order valence-electron chi connectivity index (χ2n) is 7.19. The summed E-state index contributed by atoms with van der Waals surface area (Å²) in [7, 11) is 0. The van der Waals surface area contributed by atoms with Gasteiger partial charge in [0.25, 0.3) is 0 Å². The number of β-lactam (4-membered cyclic amide) rings is 1. The van der Waals surface area contributed by atoms with Gasteiger partial charge in [-0.2, -0.15) is 0 Å². The first-order chi connectivity index (χ1) is 13.6. The fraction of sp³-hybridized carbons (Fsp3) is 0.208. The van der Waals surface area contributed by atoms with Gasteiger partial charge < -0.3 is 10.0 Å². The maximum absolute atomic E-state index is 13.3. The molecule has 1 amide bonds. The van der Waals surface area contributed by atoms with Gasteiger partial charge in [0.15, 0.2) is 0 Å². The number of hydrogen-bond donors (Lipinski definition) is 1. The molecule has 1 aliphatic heterocycles. The number of phenolic OH excluding ortho intramolecular Hbond substituents is 1. The van der Waals surface area contributed by atoms with Crippen LogP contribution in [-0.4, -0.2) is 22.5 Å². The predicted molar refractivity (Wildman–Crippen MR) is 106 cm³/mol. The molecule has 0 saturated carbocycles. The van der Waals surface area contributed by atoms with E-state index in [-0.39, 0.29) is 29.4 Å². The molecule has 1 saturated heterocycles. The topological polar surface area (TPSA) is 40.5 Å². The van der Waals surface area contributed by atoms with Crippen LogP contribution in [0.4, 0.5) is 4.39 Å². The van der Waals surface area contributed by atoms with E-state index in [1.54, 1.807) is 24.3 Å². The molecular formula is C24H22FNO2. The zero-order valence-electron chi connectivity index (χ0n) is 15.5. The van der Waals surface area contributed by atoms with Gasteiger partial charge in [-0.15, -0.1) is 0 Å². The number of aromatic hydroxyl groups is 1. The molecule has 1 heterocycles. The number of carbonyl (C=O) groups excluding carboxylic acids is 1. The number of nitrogens with zero attached hydrogens (tertiary/aromatic N) is 1. The summed E-state index contributed by atoms with van der Waals surface area (Å²) in [5, 5.41) is 9.61.